The Hall–Kier alpha value is -4.04. The van der Waals surface area contributed by atoms with Crippen LogP contribution in [0.2, 0.25) is 0 Å². The first-order valence-corrected chi connectivity index (χ1v) is 23.4. The van der Waals surface area contributed by atoms with Gasteiger partial charge in [-0.1, -0.05) is 129 Å². The summed E-state index contributed by atoms with van der Waals surface area (Å²) in [6, 6.07) is 10.9. The topological polar surface area (TPSA) is 8.17 Å². The van der Waals surface area contributed by atoms with Gasteiger partial charge in [0.25, 0.3) is 0 Å². The molecular weight excluding hydrogens is 689 g/mol. The maximum atomic E-state index is 2.88. The Morgan fingerprint density at radius 1 is 0.702 bits per heavy atom. The number of fused-ring (bicyclic) bond motifs is 8. The number of rotatable bonds is 6. The van der Waals surface area contributed by atoms with Gasteiger partial charge in [-0.2, -0.15) is 0 Å². The molecule has 1 aromatic carbocycles. The minimum Gasteiger partial charge on any atom is -0.340 e. The number of aromatic nitrogens is 1. The molecule has 0 amide bonds. The van der Waals surface area contributed by atoms with Gasteiger partial charge in [0.05, 0.1) is 12.1 Å². The molecule has 2 saturated carbocycles. The summed E-state index contributed by atoms with van der Waals surface area (Å²) in [6.45, 7) is 5.07. The third kappa shape index (κ3) is 6.01. The SMILES string of the molecule is CC1(C)C2=CC=CCC2C2=CC=C(N(c3ccc(C4=CC=CCC4n4c5c(c6c4CCC4CC=CCC64)C=CCC5)cc3)C3CCCC=C3C3CCCCC3)CC21. The van der Waals surface area contributed by atoms with E-state index in [0.717, 1.165) is 31.1 Å². The number of allylic oxidation sites excluding steroid dienone is 16. The Morgan fingerprint density at radius 2 is 1.54 bits per heavy atom. The summed E-state index contributed by atoms with van der Waals surface area (Å²) in [7, 11) is 0. The zero-order valence-electron chi connectivity index (χ0n) is 34.8. The predicted molar refractivity (Wildman–Crippen MR) is 240 cm³/mol. The average Bonchev–Trinajstić information content (AvgIpc) is 3.73. The van der Waals surface area contributed by atoms with Crippen molar-refractivity contribution in [2.45, 2.75) is 141 Å². The van der Waals surface area contributed by atoms with E-state index in [4.69, 9.17) is 0 Å². The zero-order valence-corrected chi connectivity index (χ0v) is 34.8. The summed E-state index contributed by atoms with van der Waals surface area (Å²) in [6.07, 6.45) is 53.6. The zero-order chi connectivity index (χ0) is 38.1. The number of anilines is 1. The minimum absolute atomic E-state index is 0.183. The van der Waals surface area contributed by atoms with Crippen molar-refractivity contribution in [2.24, 2.45) is 29.1 Å². The molecule has 2 fully saturated rings. The van der Waals surface area contributed by atoms with Crippen LogP contribution in [0.4, 0.5) is 5.69 Å². The summed E-state index contributed by atoms with van der Waals surface area (Å²) in [4.78, 5) is 2.87. The summed E-state index contributed by atoms with van der Waals surface area (Å²) in [5.41, 5.74) is 17.7. The van der Waals surface area contributed by atoms with Gasteiger partial charge in [-0.3, -0.25) is 0 Å². The van der Waals surface area contributed by atoms with Crippen molar-refractivity contribution >= 4 is 17.3 Å². The van der Waals surface area contributed by atoms with Crippen LogP contribution in [0.5, 0.6) is 0 Å². The third-order valence-corrected chi connectivity index (χ3v) is 16.5. The van der Waals surface area contributed by atoms with Gasteiger partial charge in [-0.15, -0.1) is 0 Å². The lowest BCUT2D eigenvalue weighted by atomic mass is 9.70. The van der Waals surface area contributed by atoms with E-state index in [9.17, 15) is 0 Å². The van der Waals surface area contributed by atoms with Gasteiger partial charge >= 0.3 is 0 Å². The van der Waals surface area contributed by atoms with Crippen LogP contribution in [0.3, 0.4) is 0 Å². The highest BCUT2D eigenvalue weighted by Gasteiger charge is 2.49. The molecule has 0 saturated heterocycles. The Morgan fingerprint density at radius 3 is 2.44 bits per heavy atom. The Bertz CT molecular complexity index is 2190. The summed E-state index contributed by atoms with van der Waals surface area (Å²) < 4.78 is 2.88. The number of nitrogens with zero attached hydrogens (tertiary/aromatic N) is 2. The standard InChI is InChI=1S/C55H64N2/c1-55(2)48-24-12-8-22-45(48)46-34-33-41(36-49(46)55)56(50-25-13-9-19-42(50)37-16-4-3-5-17-37)40-31-28-39(29-32-40)43-20-10-14-26-51(43)57-52-27-15-11-23-47(52)54-44-21-7-6-18-38(44)30-35-53(54)57/h6-8,10-12,14,19-20,23-24,28-29,31-34,37-38,44-45,49-51H,3-5,9,13,15-18,21-22,25-27,30,35-36H2,1-2H3. The molecule has 9 aliphatic rings. The molecule has 2 heteroatoms. The van der Waals surface area contributed by atoms with E-state index in [2.05, 4.69) is 127 Å². The van der Waals surface area contributed by atoms with Crippen LogP contribution in [0, 0.1) is 29.1 Å². The van der Waals surface area contributed by atoms with Crippen LogP contribution in [0.15, 0.2) is 120 Å². The molecule has 6 atom stereocenters. The lowest BCUT2D eigenvalue weighted by molar-refractivity contribution is 0.330. The smallest absolute Gasteiger partial charge is 0.0626 e. The molecule has 2 nitrogen and oxygen atoms in total. The highest BCUT2D eigenvalue weighted by atomic mass is 15.2. The summed E-state index contributed by atoms with van der Waals surface area (Å²) >= 11 is 0. The van der Waals surface area contributed by atoms with Gasteiger partial charge in [-0.05, 0) is 165 Å². The molecule has 0 bridgehead atoms. The number of hydrogen-bond donors (Lipinski definition) is 0. The Kier molecular flexibility index (Phi) is 9.27. The van der Waals surface area contributed by atoms with Crippen LogP contribution in [-0.4, -0.2) is 10.6 Å². The first-order chi connectivity index (χ1) is 28.1. The molecule has 1 aromatic heterocycles. The van der Waals surface area contributed by atoms with Crippen molar-refractivity contribution in [1.82, 2.24) is 4.57 Å². The maximum Gasteiger partial charge on any atom is 0.0626 e. The highest BCUT2D eigenvalue weighted by molar-refractivity contribution is 5.75. The van der Waals surface area contributed by atoms with Crippen LogP contribution in [0.1, 0.15) is 150 Å². The van der Waals surface area contributed by atoms with Gasteiger partial charge in [0.1, 0.15) is 0 Å². The molecule has 0 radical (unpaired) electrons. The molecule has 11 rings (SSSR count). The van der Waals surface area contributed by atoms with Gasteiger partial charge in [0.2, 0.25) is 0 Å². The van der Waals surface area contributed by atoms with Gasteiger partial charge in [-0.25, -0.2) is 0 Å². The van der Waals surface area contributed by atoms with Crippen molar-refractivity contribution in [3.63, 3.8) is 0 Å². The summed E-state index contributed by atoms with van der Waals surface area (Å²) in [5.74, 6) is 3.40. The molecular formula is C55H64N2. The molecule has 0 aliphatic heterocycles. The highest BCUT2D eigenvalue weighted by Crippen LogP contribution is 2.59. The van der Waals surface area contributed by atoms with E-state index in [0.29, 0.717) is 29.8 Å². The first-order valence-electron chi connectivity index (χ1n) is 23.4. The molecule has 0 N–H and O–H groups in total. The number of hydrogen-bond acceptors (Lipinski definition) is 1. The second-order valence-electron chi connectivity index (χ2n) is 19.7. The van der Waals surface area contributed by atoms with E-state index in [1.165, 1.54) is 112 Å². The van der Waals surface area contributed by atoms with Crippen LogP contribution in [-0.2, 0) is 12.8 Å². The van der Waals surface area contributed by atoms with Crippen molar-refractivity contribution < 1.29 is 0 Å². The monoisotopic (exact) mass is 753 g/mol. The molecule has 1 heterocycles. The largest absolute Gasteiger partial charge is 0.340 e. The van der Waals surface area contributed by atoms with Crippen molar-refractivity contribution in [2.75, 3.05) is 4.90 Å². The van der Waals surface area contributed by atoms with E-state index in [1.807, 2.05) is 0 Å². The van der Waals surface area contributed by atoms with Crippen molar-refractivity contribution in [3.05, 3.63) is 148 Å². The molecule has 2 aromatic rings. The fourth-order valence-corrected chi connectivity index (χ4v) is 13.8. The molecule has 9 aliphatic carbocycles. The molecule has 0 spiro atoms. The van der Waals surface area contributed by atoms with Crippen LogP contribution in [0.25, 0.3) is 11.6 Å². The predicted octanol–water partition coefficient (Wildman–Crippen LogP) is 14.3. The normalized spacial score (nSPS) is 31.2. The maximum absolute atomic E-state index is 2.88. The van der Waals surface area contributed by atoms with E-state index in [-0.39, 0.29) is 5.41 Å². The van der Waals surface area contributed by atoms with Crippen LogP contribution < -0.4 is 4.90 Å². The van der Waals surface area contributed by atoms with E-state index >= 15 is 0 Å². The first kappa shape index (κ1) is 36.1. The molecule has 6 unspecified atom stereocenters. The number of benzene rings is 1. The fraction of sp³-hybridized carbons (Fsp3) is 0.491. The van der Waals surface area contributed by atoms with Gasteiger partial charge in [0, 0.05) is 28.7 Å². The van der Waals surface area contributed by atoms with E-state index < -0.39 is 0 Å². The molecule has 294 valence electrons. The second-order valence-corrected chi connectivity index (χ2v) is 19.7. The third-order valence-electron chi connectivity index (χ3n) is 16.5. The summed E-state index contributed by atoms with van der Waals surface area (Å²) in [5, 5.41) is 0. The second kappa shape index (κ2) is 14.7. The Labute approximate surface area is 343 Å². The van der Waals surface area contributed by atoms with Gasteiger partial charge in [0.15, 0.2) is 0 Å². The Balaban J connectivity index is 0.966. The quantitative estimate of drug-likeness (QED) is 0.267. The van der Waals surface area contributed by atoms with Crippen molar-refractivity contribution in [3.8, 4) is 0 Å². The van der Waals surface area contributed by atoms with Crippen molar-refractivity contribution in [1.29, 1.82) is 0 Å². The fourth-order valence-electron chi connectivity index (χ4n) is 13.8. The van der Waals surface area contributed by atoms with Crippen LogP contribution >= 0.6 is 0 Å². The minimum atomic E-state index is 0.183. The molecule has 57 heavy (non-hydrogen) atoms. The van der Waals surface area contributed by atoms with Gasteiger partial charge < -0.3 is 9.47 Å². The average molecular weight is 753 g/mol. The lowest BCUT2D eigenvalue weighted by Gasteiger charge is -2.44. The van der Waals surface area contributed by atoms with E-state index in [1.54, 1.807) is 39.2 Å². The lowest BCUT2D eigenvalue weighted by Crippen LogP contribution is -2.41.